The van der Waals surface area contributed by atoms with Crippen LogP contribution in [0.1, 0.15) is 33.1 Å². The number of nitrogens with zero attached hydrogens (tertiary/aromatic N) is 1. The van der Waals surface area contributed by atoms with E-state index in [1.54, 1.807) is 0 Å². The zero-order valence-corrected chi connectivity index (χ0v) is 12.3. The molecule has 0 bridgehead atoms. The van der Waals surface area contributed by atoms with E-state index in [1.807, 2.05) is 0 Å². The molecule has 6 heteroatoms. The summed E-state index contributed by atoms with van der Waals surface area (Å²) in [5.74, 6) is 0.570. The van der Waals surface area contributed by atoms with Crippen molar-refractivity contribution >= 4 is 26.1 Å². The van der Waals surface area contributed by atoms with Crippen LogP contribution in [0.15, 0.2) is 0 Å². The van der Waals surface area contributed by atoms with Gasteiger partial charge in [0.05, 0.1) is 0 Å². The first kappa shape index (κ1) is 14.4. The van der Waals surface area contributed by atoms with Crippen LogP contribution in [0.5, 0.6) is 0 Å². The molecule has 1 N–H and O–H groups in total. The minimum absolute atomic E-state index is 0.213. The smallest absolute Gasteiger partial charge is 0.201 e. The van der Waals surface area contributed by atoms with Crippen LogP contribution >= 0.6 is 15.9 Å². The molecule has 96 valence electrons. The average Bonchev–Trinajstić information content (AvgIpc) is 2.67. The van der Waals surface area contributed by atoms with E-state index in [9.17, 15) is 8.42 Å². The number of hydrogen-bond donors (Lipinski definition) is 1. The fourth-order valence-electron chi connectivity index (χ4n) is 1.81. The molecule has 1 aliphatic rings. The molecule has 0 saturated carbocycles. The van der Waals surface area contributed by atoms with Crippen LogP contribution in [-0.2, 0) is 10.2 Å². The number of alkyl halides is 1. The van der Waals surface area contributed by atoms with E-state index in [0.29, 0.717) is 25.6 Å². The third-order valence-electron chi connectivity index (χ3n) is 2.62. The summed E-state index contributed by atoms with van der Waals surface area (Å²) in [6.45, 7) is 6.04. The van der Waals surface area contributed by atoms with Gasteiger partial charge in [-0.25, -0.2) is 4.72 Å². The molecule has 16 heavy (non-hydrogen) atoms. The Bertz CT molecular complexity index is 300. The lowest BCUT2D eigenvalue weighted by Crippen LogP contribution is -2.41. The molecular formula is C10H21BrN2O2S. The summed E-state index contributed by atoms with van der Waals surface area (Å²) in [6, 6.07) is 0. The van der Waals surface area contributed by atoms with Gasteiger partial charge >= 0.3 is 0 Å². The van der Waals surface area contributed by atoms with Crippen molar-refractivity contribution < 1.29 is 8.42 Å². The molecule has 1 fully saturated rings. The van der Waals surface area contributed by atoms with Crippen molar-refractivity contribution in [3.8, 4) is 0 Å². The van der Waals surface area contributed by atoms with Gasteiger partial charge < -0.3 is 0 Å². The molecule has 1 heterocycles. The van der Waals surface area contributed by atoms with E-state index in [4.69, 9.17) is 0 Å². The van der Waals surface area contributed by atoms with Crippen LogP contribution in [0.25, 0.3) is 0 Å². The Morgan fingerprint density at radius 2 is 1.88 bits per heavy atom. The lowest BCUT2D eigenvalue weighted by molar-refractivity contribution is 0.462. The van der Waals surface area contributed by atoms with Crippen molar-refractivity contribution in [1.29, 1.82) is 0 Å². The summed E-state index contributed by atoms with van der Waals surface area (Å²) in [5.41, 5.74) is 0. The largest absolute Gasteiger partial charge is 0.279 e. The lowest BCUT2D eigenvalue weighted by atomic mass is 10.1. The molecule has 4 nitrogen and oxygen atoms in total. The van der Waals surface area contributed by atoms with Crippen molar-refractivity contribution in [3.63, 3.8) is 0 Å². The number of nitrogens with one attached hydrogen (secondary N) is 1. The first-order valence-electron chi connectivity index (χ1n) is 5.80. The van der Waals surface area contributed by atoms with Gasteiger partial charge in [0.25, 0.3) is 10.2 Å². The third-order valence-corrected chi connectivity index (χ3v) is 4.89. The monoisotopic (exact) mass is 312 g/mol. The topological polar surface area (TPSA) is 49.4 Å². The van der Waals surface area contributed by atoms with E-state index in [0.717, 1.165) is 19.3 Å². The fourth-order valence-corrected chi connectivity index (χ4v) is 4.27. The first-order chi connectivity index (χ1) is 7.42. The number of halogens is 1. The van der Waals surface area contributed by atoms with E-state index in [-0.39, 0.29) is 4.83 Å². The highest BCUT2D eigenvalue weighted by molar-refractivity contribution is 9.09. The van der Waals surface area contributed by atoms with Crippen LogP contribution in [-0.4, -0.2) is 37.2 Å². The molecular weight excluding hydrogens is 292 g/mol. The molecule has 1 saturated heterocycles. The normalized spacial score (nSPS) is 20.5. The number of rotatable bonds is 6. The Morgan fingerprint density at radius 3 is 2.38 bits per heavy atom. The quantitative estimate of drug-likeness (QED) is 0.759. The summed E-state index contributed by atoms with van der Waals surface area (Å²) in [4.78, 5) is 0.213. The van der Waals surface area contributed by atoms with E-state index < -0.39 is 10.2 Å². The third kappa shape index (κ3) is 4.69. The van der Waals surface area contributed by atoms with Crippen LogP contribution in [0.2, 0.25) is 0 Å². The molecule has 1 aliphatic heterocycles. The molecule has 0 aromatic heterocycles. The average molecular weight is 313 g/mol. The standard InChI is InChI=1S/C10H21BrN2O2S/c1-9(2)7-10(11)8-12-16(14,15)13-5-3-4-6-13/h9-10,12H,3-8H2,1-2H3. The van der Waals surface area contributed by atoms with Crippen molar-refractivity contribution in [2.24, 2.45) is 5.92 Å². The highest BCUT2D eigenvalue weighted by Crippen LogP contribution is 2.14. The van der Waals surface area contributed by atoms with Gasteiger partial charge in [0, 0.05) is 24.5 Å². The zero-order chi connectivity index (χ0) is 12.2. The van der Waals surface area contributed by atoms with Gasteiger partial charge in [0.15, 0.2) is 0 Å². The predicted octanol–water partition coefficient (Wildman–Crippen LogP) is 1.73. The molecule has 1 unspecified atom stereocenters. The van der Waals surface area contributed by atoms with Crippen molar-refractivity contribution in [2.45, 2.75) is 37.9 Å². The molecule has 0 spiro atoms. The summed E-state index contributed by atoms with van der Waals surface area (Å²) < 4.78 is 27.8. The highest BCUT2D eigenvalue weighted by atomic mass is 79.9. The van der Waals surface area contributed by atoms with E-state index >= 15 is 0 Å². The Labute approximate surface area is 107 Å². The van der Waals surface area contributed by atoms with E-state index in [2.05, 4.69) is 34.5 Å². The van der Waals surface area contributed by atoms with Crippen LogP contribution in [0.4, 0.5) is 0 Å². The van der Waals surface area contributed by atoms with Gasteiger partial charge in [-0.15, -0.1) is 0 Å². The molecule has 0 amide bonds. The summed E-state index contributed by atoms with van der Waals surface area (Å²) in [5, 5.41) is 0. The predicted molar refractivity (Wildman–Crippen MR) is 69.9 cm³/mol. The highest BCUT2D eigenvalue weighted by Gasteiger charge is 2.25. The molecule has 0 aliphatic carbocycles. The Morgan fingerprint density at radius 1 is 1.31 bits per heavy atom. The Kier molecular flexibility index (Phi) is 5.70. The van der Waals surface area contributed by atoms with Gasteiger partial charge in [0.2, 0.25) is 0 Å². The first-order valence-corrected chi connectivity index (χ1v) is 8.16. The van der Waals surface area contributed by atoms with Crippen molar-refractivity contribution in [1.82, 2.24) is 9.03 Å². The zero-order valence-electron chi connectivity index (χ0n) is 9.95. The lowest BCUT2D eigenvalue weighted by Gasteiger charge is -2.18. The summed E-state index contributed by atoms with van der Waals surface area (Å²) in [7, 11) is -3.24. The molecule has 1 rings (SSSR count). The van der Waals surface area contributed by atoms with Gasteiger partial charge in [0.1, 0.15) is 0 Å². The van der Waals surface area contributed by atoms with Gasteiger partial charge in [-0.3, -0.25) is 0 Å². The van der Waals surface area contributed by atoms with Crippen LogP contribution < -0.4 is 4.72 Å². The fraction of sp³-hybridized carbons (Fsp3) is 1.00. The summed E-state index contributed by atoms with van der Waals surface area (Å²) >= 11 is 3.49. The number of hydrogen-bond acceptors (Lipinski definition) is 2. The Hall–Kier alpha value is 0.350. The van der Waals surface area contributed by atoms with Crippen LogP contribution in [0, 0.1) is 5.92 Å². The van der Waals surface area contributed by atoms with Gasteiger partial charge in [-0.2, -0.15) is 12.7 Å². The van der Waals surface area contributed by atoms with Gasteiger partial charge in [-0.1, -0.05) is 29.8 Å². The molecule has 0 radical (unpaired) electrons. The minimum Gasteiger partial charge on any atom is -0.201 e. The SMILES string of the molecule is CC(C)CC(Br)CNS(=O)(=O)N1CCCC1. The van der Waals surface area contributed by atoms with Crippen LogP contribution in [0.3, 0.4) is 0 Å². The maximum atomic E-state index is 11.8. The van der Waals surface area contributed by atoms with Crippen molar-refractivity contribution in [2.75, 3.05) is 19.6 Å². The second-order valence-electron chi connectivity index (χ2n) is 4.69. The van der Waals surface area contributed by atoms with Gasteiger partial charge in [-0.05, 0) is 25.2 Å². The van der Waals surface area contributed by atoms with Crippen molar-refractivity contribution in [3.05, 3.63) is 0 Å². The Balaban J connectivity index is 2.35. The maximum Gasteiger partial charge on any atom is 0.279 e. The maximum absolute atomic E-state index is 11.8. The second-order valence-corrected chi connectivity index (χ2v) is 7.74. The van der Waals surface area contributed by atoms with E-state index in [1.165, 1.54) is 4.31 Å². The second kappa shape index (κ2) is 6.33. The summed E-state index contributed by atoms with van der Waals surface area (Å²) in [6.07, 6.45) is 2.93. The molecule has 0 aromatic carbocycles. The minimum atomic E-state index is -3.24. The molecule has 0 aromatic rings. The molecule has 1 atom stereocenters.